The number of anilines is 1. The Balaban J connectivity index is 1.56. The van der Waals surface area contributed by atoms with Crippen LogP contribution in [0.1, 0.15) is 21.5 Å². The fraction of sp³-hybridized carbons (Fsp3) is 0.0968. The topological polar surface area (TPSA) is 76.7 Å². The summed E-state index contributed by atoms with van der Waals surface area (Å²) in [6.45, 7) is 0. The highest BCUT2D eigenvalue weighted by molar-refractivity contribution is 7.98. The number of methoxy groups -OCH3 is 2. The first kappa shape index (κ1) is 26.6. The molecule has 2 amide bonds. The van der Waals surface area contributed by atoms with Gasteiger partial charge in [0.15, 0.2) is 11.5 Å². The van der Waals surface area contributed by atoms with Crippen molar-refractivity contribution in [1.82, 2.24) is 5.32 Å². The van der Waals surface area contributed by atoms with Crippen molar-refractivity contribution >= 4 is 35.3 Å². The van der Waals surface area contributed by atoms with Crippen molar-refractivity contribution in [3.8, 4) is 11.5 Å². The van der Waals surface area contributed by atoms with Gasteiger partial charge in [-0.05, 0) is 59.7 Å². The highest BCUT2D eigenvalue weighted by Crippen LogP contribution is 2.29. The fourth-order valence-corrected chi connectivity index (χ4v) is 4.57. The minimum absolute atomic E-state index is 0.0911. The lowest BCUT2D eigenvalue weighted by atomic mass is 10.1. The molecule has 0 aromatic heterocycles. The van der Waals surface area contributed by atoms with E-state index in [1.807, 2.05) is 48.5 Å². The van der Waals surface area contributed by atoms with Gasteiger partial charge in [0.25, 0.3) is 11.8 Å². The minimum atomic E-state index is -0.450. The molecule has 0 saturated heterocycles. The smallest absolute Gasteiger partial charge is 0.272 e. The molecule has 2 N–H and O–H groups in total. The Hall–Kier alpha value is -4.49. The van der Waals surface area contributed by atoms with Crippen molar-refractivity contribution in [2.45, 2.75) is 10.6 Å². The Bertz CT molecular complexity index is 1420. The average molecular weight is 525 g/mol. The molecule has 0 aliphatic rings. The zero-order valence-corrected chi connectivity index (χ0v) is 22.0. The normalized spacial score (nSPS) is 10.9. The number of rotatable bonds is 10. The van der Waals surface area contributed by atoms with Crippen molar-refractivity contribution in [2.75, 3.05) is 19.5 Å². The van der Waals surface area contributed by atoms with Gasteiger partial charge >= 0.3 is 0 Å². The van der Waals surface area contributed by atoms with Crippen molar-refractivity contribution in [3.05, 3.63) is 126 Å². The highest BCUT2D eigenvalue weighted by atomic mass is 32.2. The number of ether oxygens (including phenoxy) is 2. The van der Waals surface area contributed by atoms with Gasteiger partial charge in [0.05, 0.1) is 14.2 Å². The van der Waals surface area contributed by atoms with Gasteiger partial charge in [0.1, 0.15) is 5.70 Å². The molecule has 0 atom stereocenters. The summed E-state index contributed by atoms with van der Waals surface area (Å²) in [5, 5.41) is 5.68. The van der Waals surface area contributed by atoms with E-state index in [9.17, 15) is 9.59 Å². The number of hydrogen-bond acceptors (Lipinski definition) is 5. The maximum absolute atomic E-state index is 13.4. The van der Waals surface area contributed by atoms with Crippen molar-refractivity contribution in [1.29, 1.82) is 0 Å². The predicted molar refractivity (Wildman–Crippen MR) is 153 cm³/mol. The lowest BCUT2D eigenvalue weighted by Crippen LogP contribution is -2.30. The summed E-state index contributed by atoms with van der Waals surface area (Å²) >= 11 is 1.68. The van der Waals surface area contributed by atoms with E-state index in [1.54, 1.807) is 74.5 Å². The monoisotopic (exact) mass is 524 g/mol. The summed E-state index contributed by atoms with van der Waals surface area (Å²) in [6, 6.07) is 31.8. The molecule has 6 nitrogen and oxygen atoms in total. The molecule has 0 bridgehead atoms. The van der Waals surface area contributed by atoms with Crippen molar-refractivity contribution < 1.29 is 19.1 Å². The first-order valence-corrected chi connectivity index (χ1v) is 12.9. The predicted octanol–water partition coefficient (Wildman–Crippen LogP) is 6.41. The van der Waals surface area contributed by atoms with Crippen LogP contribution in [-0.2, 0) is 10.5 Å². The molecule has 38 heavy (non-hydrogen) atoms. The van der Waals surface area contributed by atoms with E-state index in [-0.39, 0.29) is 11.6 Å². The molecule has 192 valence electrons. The Morgan fingerprint density at radius 1 is 0.789 bits per heavy atom. The number of nitrogens with one attached hydrogen (secondary N) is 2. The summed E-state index contributed by atoms with van der Waals surface area (Å²) < 4.78 is 10.7. The Morgan fingerprint density at radius 2 is 1.50 bits per heavy atom. The Kier molecular flexibility index (Phi) is 9.21. The summed E-state index contributed by atoms with van der Waals surface area (Å²) in [5.41, 5.74) is 3.04. The molecule has 0 radical (unpaired) electrons. The number of benzene rings is 4. The van der Waals surface area contributed by atoms with Gasteiger partial charge in [-0.25, -0.2) is 0 Å². The number of amides is 2. The van der Waals surface area contributed by atoms with E-state index in [0.29, 0.717) is 28.3 Å². The second-order valence-electron chi connectivity index (χ2n) is 8.25. The van der Waals surface area contributed by atoms with E-state index in [1.165, 1.54) is 5.56 Å². The van der Waals surface area contributed by atoms with Crippen LogP contribution >= 0.6 is 11.8 Å². The molecule has 0 spiro atoms. The number of carbonyl (C=O) groups is 2. The summed E-state index contributed by atoms with van der Waals surface area (Å²) in [6.07, 6.45) is 1.60. The Morgan fingerprint density at radius 3 is 2.21 bits per heavy atom. The van der Waals surface area contributed by atoms with Crippen LogP contribution in [-0.4, -0.2) is 26.0 Å². The SMILES string of the molecule is COc1ccc(/C=C(/NC(=O)c2ccccc2)C(=O)Nc2cccc(SCc3ccccc3)c2)cc1OC. The first-order chi connectivity index (χ1) is 18.6. The van der Waals surface area contributed by atoms with E-state index in [0.717, 1.165) is 10.6 Å². The first-order valence-electron chi connectivity index (χ1n) is 11.9. The summed E-state index contributed by atoms with van der Waals surface area (Å²) in [5.74, 6) is 1.05. The average Bonchev–Trinajstić information content (AvgIpc) is 2.96. The van der Waals surface area contributed by atoms with Crippen LogP contribution in [0.25, 0.3) is 6.08 Å². The van der Waals surface area contributed by atoms with Crippen molar-refractivity contribution in [3.63, 3.8) is 0 Å². The highest BCUT2D eigenvalue weighted by Gasteiger charge is 2.16. The maximum atomic E-state index is 13.4. The van der Waals surface area contributed by atoms with Crippen molar-refractivity contribution in [2.24, 2.45) is 0 Å². The molecular formula is C31H28N2O4S. The molecule has 0 saturated carbocycles. The largest absolute Gasteiger partial charge is 0.493 e. The molecular weight excluding hydrogens is 496 g/mol. The second-order valence-corrected chi connectivity index (χ2v) is 9.30. The molecule has 0 unspecified atom stereocenters. The van der Waals surface area contributed by atoms with Crippen LogP contribution < -0.4 is 20.1 Å². The summed E-state index contributed by atoms with van der Waals surface area (Å²) in [7, 11) is 3.09. The van der Waals surface area contributed by atoms with Crippen LogP contribution in [0.3, 0.4) is 0 Å². The quantitative estimate of drug-likeness (QED) is 0.185. The maximum Gasteiger partial charge on any atom is 0.272 e. The third-order valence-electron chi connectivity index (χ3n) is 5.59. The minimum Gasteiger partial charge on any atom is -0.493 e. The number of thioether (sulfide) groups is 1. The van der Waals surface area contributed by atoms with Gasteiger partial charge in [0, 0.05) is 21.9 Å². The fourth-order valence-electron chi connectivity index (χ4n) is 3.65. The van der Waals surface area contributed by atoms with E-state index in [2.05, 4.69) is 22.8 Å². The van der Waals surface area contributed by atoms with Gasteiger partial charge in [-0.3, -0.25) is 9.59 Å². The lowest BCUT2D eigenvalue weighted by Gasteiger charge is -2.13. The molecule has 4 rings (SSSR count). The van der Waals surface area contributed by atoms with Crippen LogP contribution in [0.4, 0.5) is 5.69 Å². The zero-order chi connectivity index (χ0) is 26.7. The van der Waals surface area contributed by atoms with Gasteiger partial charge < -0.3 is 20.1 Å². The van der Waals surface area contributed by atoms with Gasteiger partial charge in [0.2, 0.25) is 0 Å². The molecule has 4 aromatic rings. The van der Waals surface area contributed by atoms with Gasteiger partial charge in [-0.15, -0.1) is 11.8 Å². The van der Waals surface area contributed by atoms with Crippen LogP contribution in [0.15, 0.2) is 114 Å². The third-order valence-corrected chi connectivity index (χ3v) is 6.65. The van der Waals surface area contributed by atoms with E-state index < -0.39 is 5.91 Å². The van der Waals surface area contributed by atoms with Crippen LogP contribution in [0.5, 0.6) is 11.5 Å². The number of hydrogen-bond donors (Lipinski definition) is 2. The molecule has 0 heterocycles. The zero-order valence-electron chi connectivity index (χ0n) is 21.1. The van der Waals surface area contributed by atoms with Crippen LogP contribution in [0.2, 0.25) is 0 Å². The standard InChI is InChI=1S/C31H28N2O4S/c1-36-28-17-16-23(19-29(28)37-2)18-27(33-30(34)24-12-7-4-8-13-24)31(35)32-25-14-9-15-26(20-25)38-21-22-10-5-3-6-11-22/h3-20H,21H2,1-2H3,(H,32,35)(H,33,34)/b27-18+. The molecule has 4 aromatic carbocycles. The second kappa shape index (κ2) is 13.2. The number of carbonyl (C=O) groups excluding carboxylic acids is 2. The summed E-state index contributed by atoms with van der Waals surface area (Å²) in [4.78, 5) is 27.3. The van der Waals surface area contributed by atoms with E-state index in [4.69, 9.17) is 9.47 Å². The molecule has 0 fully saturated rings. The third kappa shape index (κ3) is 7.27. The van der Waals surface area contributed by atoms with Gasteiger partial charge in [-0.2, -0.15) is 0 Å². The van der Waals surface area contributed by atoms with E-state index >= 15 is 0 Å². The van der Waals surface area contributed by atoms with Crippen LogP contribution in [0, 0.1) is 0 Å². The molecule has 7 heteroatoms. The molecule has 0 aliphatic heterocycles. The Labute approximate surface area is 226 Å². The lowest BCUT2D eigenvalue weighted by molar-refractivity contribution is -0.113. The molecule has 0 aliphatic carbocycles. The van der Waals surface area contributed by atoms with Gasteiger partial charge in [-0.1, -0.05) is 60.7 Å².